The number of nitrogens with one attached hydrogen (secondary N) is 1. The van der Waals surface area contributed by atoms with Crippen LogP contribution in [-0.2, 0) is 6.54 Å². The smallest absolute Gasteiger partial charge is 0.188 e. The molecular weight excluding hydrogens is 300 g/mol. The number of rotatable bonds is 7. The van der Waals surface area contributed by atoms with E-state index in [1.165, 1.54) is 18.4 Å². The van der Waals surface area contributed by atoms with Crippen LogP contribution in [0.4, 0.5) is 0 Å². The second-order valence-electron chi connectivity index (χ2n) is 6.61. The molecule has 0 aliphatic carbocycles. The molecule has 1 fully saturated rings. The second kappa shape index (κ2) is 9.33. The van der Waals surface area contributed by atoms with Crippen molar-refractivity contribution in [2.24, 2.45) is 16.6 Å². The molecular formula is C19H30N4O. The molecule has 0 amide bonds. The molecule has 0 saturated carbocycles. The Hall–Kier alpha value is -2.01. The predicted molar refractivity (Wildman–Crippen MR) is 100 cm³/mol. The number of ether oxygens (including phenoxy) is 1. The number of guanidine groups is 1. The van der Waals surface area contributed by atoms with E-state index in [2.05, 4.69) is 33.9 Å². The highest BCUT2D eigenvalue weighted by Crippen LogP contribution is 2.19. The topological polar surface area (TPSA) is 62.9 Å². The van der Waals surface area contributed by atoms with E-state index < -0.39 is 0 Å². The molecule has 5 heteroatoms. The van der Waals surface area contributed by atoms with Crippen LogP contribution in [0.2, 0.25) is 0 Å². The van der Waals surface area contributed by atoms with Crippen LogP contribution in [0.1, 0.15) is 25.3 Å². The molecule has 0 radical (unpaired) electrons. The Bertz CT molecular complexity index is 545. The van der Waals surface area contributed by atoms with E-state index >= 15 is 0 Å². The van der Waals surface area contributed by atoms with Gasteiger partial charge in [-0.2, -0.15) is 0 Å². The first-order chi connectivity index (χ1) is 11.6. The van der Waals surface area contributed by atoms with Gasteiger partial charge in [0.05, 0.1) is 13.7 Å². The molecule has 1 aliphatic rings. The molecule has 1 aromatic rings. The quantitative estimate of drug-likeness (QED) is 0.458. The van der Waals surface area contributed by atoms with Crippen molar-refractivity contribution in [3.05, 3.63) is 42.0 Å². The summed E-state index contributed by atoms with van der Waals surface area (Å²) in [7, 11) is 1.70. The van der Waals surface area contributed by atoms with Crippen LogP contribution in [0.3, 0.4) is 0 Å². The summed E-state index contributed by atoms with van der Waals surface area (Å²) in [5.74, 6) is 2.10. The van der Waals surface area contributed by atoms with Crippen molar-refractivity contribution in [3.8, 4) is 5.75 Å². The Balaban J connectivity index is 1.69. The summed E-state index contributed by atoms with van der Waals surface area (Å²) in [5.41, 5.74) is 8.23. The molecule has 0 bridgehead atoms. The van der Waals surface area contributed by atoms with Crippen molar-refractivity contribution in [1.82, 2.24) is 10.2 Å². The normalized spacial score (nSPS) is 16.8. The Kier molecular flexibility index (Phi) is 7.12. The summed E-state index contributed by atoms with van der Waals surface area (Å²) in [6.45, 7) is 10.5. The largest absolute Gasteiger partial charge is 0.497 e. The SMILES string of the molecule is C=C(C)CN=C(N)NCC1CCN(Cc2ccc(OC)cc2)CC1. The summed E-state index contributed by atoms with van der Waals surface area (Å²) in [6, 6.07) is 8.34. The van der Waals surface area contributed by atoms with E-state index in [9.17, 15) is 0 Å². The lowest BCUT2D eigenvalue weighted by Gasteiger charge is -2.32. The minimum atomic E-state index is 0.527. The monoisotopic (exact) mass is 330 g/mol. The van der Waals surface area contributed by atoms with Crippen molar-refractivity contribution in [2.45, 2.75) is 26.3 Å². The highest BCUT2D eigenvalue weighted by atomic mass is 16.5. The Morgan fingerprint density at radius 3 is 2.58 bits per heavy atom. The molecule has 0 aromatic heterocycles. The maximum absolute atomic E-state index is 5.87. The zero-order chi connectivity index (χ0) is 17.4. The Labute approximate surface area is 145 Å². The maximum Gasteiger partial charge on any atom is 0.188 e. The standard InChI is InChI=1S/C19H30N4O/c1-15(2)12-21-19(20)22-13-16-8-10-23(11-9-16)14-17-4-6-18(24-3)7-5-17/h4-7,16H,1,8-14H2,2-3H3,(H3,20,21,22). The molecule has 24 heavy (non-hydrogen) atoms. The third-order valence-corrected chi connectivity index (χ3v) is 4.36. The van der Waals surface area contributed by atoms with Gasteiger partial charge in [0.1, 0.15) is 5.75 Å². The van der Waals surface area contributed by atoms with Gasteiger partial charge in [-0.3, -0.25) is 4.90 Å². The summed E-state index contributed by atoms with van der Waals surface area (Å²) >= 11 is 0. The van der Waals surface area contributed by atoms with E-state index in [1.54, 1.807) is 7.11 Å². The van der Waals surface area contributed by atoms with E-state index in [0.29, 0.717) is 18.4 Å². The van der Waals surface area contributed by atoms with E-state index in [1.807, 2.05) is 19.1 Å². The molecule has 5 nitrogen and oxygen atoms in total. The molecule has 0 spiro atoms. The van der Waals surface area contributed by atoms with Crippen molar-refractivity contribution >= 4 is 5.96 Å². The van der Waals surface area contributed by atoms with Crippen LogP contribution in [0.15, 0.2) is 41.4 Å². The van der Waals surface area contributed by atoms with Gasteiger partial charge in [-0.15, -0.1) is 0 Å². The highest BCUT2D eigenvalue weighted by Gasteiger charge is 2.19. The fourth-order valence-electron chi connectivity index (χ4n) is 2.86. The zero-order valence-electron chi connectivity index (χ0n) is 14.9. The molecule has 132 valence electrons. The lowest BCUT2D eigenvalue weighted by atomic mass is 9.96. The fraction of sp³-hybridized carbons (Fsp3) is 0.526. The number of hydrogen-bond donors (Lipinski definition) is 2. The third kappa shape index (κ3) is 6.24. The maximum atomic E-state index is 5.87. The minimum absolute atomic E-state index is 0.527. The average molecular weight is 330 g/mol. The molecule has 0 atom stereocenters. The summed E-state index contributed by atoms with van der Waals surface area (Å²) in [4.78, 5) is 6.77. The Morgan fingerprint density at radius 1 is 1.33 bits per heavy atom. The molecule has 3 N–H and O–H groups in total. The zero-order valence-corrected chi connectivity index (χ0v) is 14.9. The molecule has 1 heterocycles. The van der Waals surface area contributed by atoms with Crippen molar-refractivity contribution in [2.75, 3.05) is 33.3 Å². The van der Waals surface area contributed by atoms with E-state index in [-0.39, 0.29) is 0 Å². The van der Waals surface area contributed by atoms with Gasteiger partial charge >= 0.3 is 0 Å². The minimum Gasteiger partial charge on any atom is -0.497 e. The first-order valence-corrected chi connectivity index (χ1v) is 8.60. The number of methoxy groups -OCH3 is 1. The number of aliphatic imine (C=N–C) groups is 1. The lowest BCUT2D eigenvalue weighted by molar-refractivity contribution is 0.178. The highest BCUT2D eigenvalue weighted by molar-refractivity contribution is 5.77. The lowest BCUT2D eigenvalue weighted by Crippen LogP contribution is -2.40. The van der Waals surface area contributed by atoms with E-state index in [0.717, 1.165) is 37.5 Å². The first-order valence-electron chi connectivity index (χ1n) is 8.60. The van der Waals surface area contributed by atoms with Crippen molar-refractivity contribution in [3.63, 3.8) is 0 Å². The number of benzene rings is 1. The second-order valence-corrected chi connectivity index (χ2v) is 6.61. The number of nitrogens with two attached hydrogens (primary N) is 1. The van der Waals surface area contributed by atoms with Gasteiger partial charge in [0.15, 0.2) is 5.96 Å². The van der Waals surface area contributed by atoms with Crippen LogP contribution in [0.5, 0.6) is 5.75 Å². The van der Waals surface area contributed by atoms with Crippen LogP contribution in [-0.4, -0.2) is 44.1 Å². The summed E-state index contributed by atoms with van der Waals surface area (Å²) in [6.07, 6.45) is 2.38. The van der Waals surface area contributed by atoms with Crippen molar-refractivity contribution in [1.29, 1.82) is 0 Å². The van der Waals surface area contributed by atoms with Gasteiger partial charge in [0.2, 0.25) is 0 Å². The molecule has 1 aromatic carbocycles. The number of nitrogens with zero attached hydrogens (tertiary/aromatic N) is 2. The van der Waals surface area contributed by atoms with Gasteiger partial charge in [-0.25, -0.2) is 4.99 Å². The van der Waals surface area contributed by atoms with E-state index in [4.69, 9.17) is 10.5 Å². The van der Waals surface area contributed by atoms with Gasteiger partial charge in [0.25, 0.3) is 0 Å². The molecule has 1 aliphatic heterocycles. The first kappa shape index (κ1) is 18.3. The predicted octanol–water partition coefficient (Wildman–Crippen LogP) is 2.39. The number of likely N-dealkylation sites (tertiary alicyclic amines) is 1. The van der Waals surface area contributed by atoms with Crippen LogP contribution in [0.25, 0.3) is 0 Å². The van der Waals surface area contributed by atoms with Gasteiger partial charge in [0, 0.05) is 13.1 Å². The van der Waals surface area contributed by atoms with Gasteiger partial charge in [-0.05, 0) is 56.5 Å². The number of hydrogen-bond acceptors (Lipinski definition) is 3. The molecule has 2 rings (SSSR count). The molecule has 0 unspecified atom stereocenters. The average Bonchev–Trinajstić information content (AvgIpc) is 2.60. The fourth-order valence-corrected chi connectivity index (χ4v) is 2.86. The van der Waals surface area contributed by atoms with Gasteiger partial charge in [-0.1, -0.05) is 24.3 Å². The number of piperidine rings is 1. The van der Waals surface area contributed by atoms with Crippen molar-refractivity contribution < 1.29 is 4.74 Å². The summed E-state index contributed by atoms with van der Waals surface area (Å²) in [5, 5.41) is 3.24. The third-order valence-electron chi connectivity index (χ3n) is 4.36. The van der Waals surface area contributed by atoms with Crippen LogP contribution < -0.4 is 15.8 Å². The summed E-state index contributed by atoms with van der Waals surface area (Å²) < 4.78 is 5.20. The van der Waals surface area contributed by atoms with Gasteiger partial charge < -0.3 is 15.8 Å². The van der Waals surface area contributed by atoms with Crippen LogP contribution >= 0.6 is 0 Å². The van der Waals surface area contributed by atoms with Crippen LogP contribution in [0, 0.1) is 5.92 Å². The molecule has 1 saturated heterocycles. The Morgan fingerprint density at radius 2 is 2.00 bits per heavy atom.